The molecule has 0 radical (unpaired) electrons. The van der Waals surface area contributed by atoms with Crippen LogP contribution in [0.25, 0.3) is 0 Å². The van der Waals surface area contributed by atoms with Crippen LogP contribution in [0.15, 0.2) is 53.6 Å². The van der Waals surface area contributed by atoms with E-state index in [0.717, 1.165) is 17.7 Å². The van der Waals surface area contributed by atoms with E-state index in [-0.39, 0.29) is 5.91 Å². The van der Waals surface area contributed by atoms with Gasteiger partial charge < -0.3 is 0 Å². The van der Waals surface area contributed by atoms with Gasteiger partial charge in [-0.05, 0) is 49.6 Å². The summed E-state index contributed by atoms with van der Waals surface area (Å²) in [7, 11) is 0. The molecule has 3 heteroatoms. The van der Waals surface area contributed by atoms with Crippen LogP contribution in [0.4, 0.5) is 0 Å². The van der Waals surface area contributed by atoms with Gasteiger partial charge in [0.2, 0.25) is 0 Å². The molecule has 0 aliphatic carbocycles. The number of aryl methyl sites for hydroxylation is 2. The zero-order valence-corrected chi connectivity index (χ0v) is 12.7. The van der Waals surface area contributed by atoms with E-state index < -0.39 is 0 Å². The maximum Gasteiger partial charge on any atom is 0.271 e. The molecule has 2 aromatic rings. The number of nitrogens with one attached hydrogen (secondary N) is 1. The van der Waals surface area contributed by atoms with Crippen molar-refractivity contribution in [3.8, 4) is 0 Å². The van der Waals surface area contributed by atoms with Crippen molar-refractivity contribution >= 4 is 11.6 Å². The fourth-order valence-corrected chi connectivity index (χ4v) is 2.02. The number of carbonyl (C=O) groups excluding carboxylic acids is 1. The van der Waals surface area contributed by atoms with Crippen molar-refractivity contribution in [1.29, 1.82) is 0 Å². The van der Waals surface area contributed by atoms with E-state index in [0.29, 0.717) is 5.56 Å². The minimum Gasteiger partial charge on any atom is -0.267 e. The zero-order chi connectivity index (χ0) is 15.2. The molecule has 2 aromatic carbocycles. The minimum atomic E-state index is -0.175. The van der Waals surface area contributed by atoms with Crippen LogP contribution >= 0.6 is 0 Å². The SMILES string of the molecule is CC(Cc1ccccc1)=NNC(=O)c1ccc(C)c(C)c1. The summed E-state index contributed by atoms with van der Waals surface area (Å²) in [6.07, 6.45) is 0.730. The van der Waals surface area contributed by atoms with Crippen LogP contribution in [-0.2, 0) is 6.42 Å². The Morgan fingerprint density at radius 1 is 1.05 bits per heavy atom. The predicted octanol–water partition coefficient (Wildman–Crippen LogP) is 3.65. The highest BCUT2D eigenvalue weighted by molar-refractivity contribution is 5.95. The Labute approximate surface area is 125 Å². The van der Waals surface area contributed by atoms with Gasteiger partial charge in [-0.25, -0.2) is 5.43 Å². The predicted molar refractivity (Wildman–Crippen MR) is 86.6 cm³/mol. The summed E-state index contributed by atoms with van der Waals surface area (Å²) in [6, 6.07) is 15.7. The summed E-state index contributed by atoms with van der Waals surface area (Å²) in [5, 5.41) is 4.16. The van der Waals surface area contributed by atoms with Gasteiger partial charge in [-0.2, -0.15) is 5.10 Å². The topological polar surface area (TPSA) is 41.5 Å². The van der Waals surface area contributed by atoms with E-state index in [1.54, 1.807) is 0 Å². The lowest BCUT2D eigenvalue weighted by molar-refractivity contribution is 0.0954. The first-order valence-corrected chi connectivity index (χ1v) is 7.01. The fourth-order valence-electron chi connectivity index (χ4n) is 2.02. The monoisotopic (exact) mass is 280 g/mol. The Balaban J connectivity index is 1.99. The van der Waals surface area contributed by atoms with Gasteiger partial charge in [-0.1, -0.05) is 36.4 Å². The van der Waals surface area contributed by atoms with Gasteiger partial charge in [0.05, 0.1) is 0 Å². The molecular formula is C18H20N2O. The van der Waals surface area contributed by atoms with E-state index in [1.807, 2.05) is 69.3 Å². The molecule has 0 heterocycles. The number of hydrogen-bond acceptors (Lipinski definition) is 2. The smallest absolute Gasteiger partial charge is 0.267 e. The summed E-state index contributed by atoms with van der Waals surface area (Å²) >= 11 is 0. The van der Waals surface area contributed by atoms with Crippen LogP contribution in [0.2, 0.25) is 0 Å². The molecule has 0 fully saturated rings. The lowest BCUT2D eigenvalue weighted by Crippen LogP contribution is -2.19. The molecule has 0 aliphatic heterocycles. The summed E-state index contributed by atoms with van der Waals surface area (Å²) < 4.78 is 0. The Kier molecular flexibility index (Phi) is 4.88. The standard InChI is InChI=1S/C18H20N2O/c1-13-9-10-17(11-14(13)2)18(21)20-19-15(3)12-16-7-5-4-6-8-16/h4-11H,12H2,1-3H3,(H,20,21). The molecule has 0 aliphatic rings. The Hall–Kier alpha value is -2.42. The molecule has 0 spiro atoms. The highest BCUT2D eigenvalue weighted by atomic mass is 16.2. The van der Waals surface area contributed by atoms with Gasteiger partial charge in [0, 0.05) is 17.7 Å². The maximum atomic E-state index is 12.0. The van der Waals surface area contributed by atoms with E-state index >= 15 is 0 Å². The van der Waals surface area contributed by atoms with Crippen molar-refractivity contribution in [2.45, 2.75) is 27.2 Å². The van der Waals surface area contributed by atoms with Gasteiger partial charge in [0.1, 0.15) is 0 Å². The minimum absolute atomic E-state index is 0.175. The lowest BCUT2D eigenvalue weighted by atomic mass is 10.1. The molecule has 1 amide bonds. The van der Waals surface area contributed by atoms with Crippen LogP contribution in [0.3, 0.4) is 0 Å². The van der Waals surface area contributed by atoms with Crippen LogP contribution in [0.5, 0.6) is 0 Å². The van der Waals surface area contributed by atoms with E-state index in [4.69, 9.17) is 0 Å². The fraction of sp³-hybridized carbons (Fsp3) is 0.222. The zero-order valence-electron chi connectivity index (χ0n) is 12.7. The Bertz CT molecular complexity index is 660. The summed E-state index contributed by atoms with van der Waals surface area (Å²) in [5.74, 6) is -0.175. The van der Waals surface area contributed by atoms with Crippen LogP contribution in [0, 0.1) is 13.8 Å². The van der Waals surface area contributed by atoms with Crippen molar-refractivity contribution in [1.82, 2.24) is 5.43 Å². The van der Waals surface area contributed by atoms with Gasteiger partial charge >= 0.3 is 0 Å². The summed E-state index contributed by atoms with van der Waals surface area (Å²) in [4.78, 5) is 12.0. The van der Waals surface area contributed by atoms with E-state index in [1.165, 1.54) is 11.1 Å². The second kappa shape index (κ2) is 6.84. The number of hydrogen-bond donors (Lipinski definition) is 1. The second-order valence-electron chi connectivity index (χ2n) is 5.25. The number of benzene rings is 2. The molecule has 2 rings (SSSR count). The molecule has 0 unspecified atom stereocenters. The number of hydrazone groups is 1. The third kappa shape index (κ3) is 4.28. The van der Waals surface area contributed by atoms with Crippen molar-refractivity contribution in [2.24, 2.45) is 5.10 Å². The quantitative estimate of drug-likeness (QED) is 0.674. The number of nitrogens with zero attached hydrogens (tertiary/aromatic N) is 1. The molecule has 0 saturated carbocycles. The first-order chi connectivity index (χ1) is 10.1. The van der Waals surface area contributed by atoms with E-state index in [9.17, 15) is 4.79 Å². The molecule has 1 N–H and O–H groups in total. The average molecular weight is 280 g/mol. The van der Waals surface area contributed by atoms with Gasteiger partial charge in [0.25, 0.3) is 5.91 Å². The van der Waals surface area contributed by atoms with Crippen LogP contribution in [-0.4, -0.2) is 11.6 Å². The Morgan fingerprint density at radius 3 is 2.43 bits per heavy atom. The third-order valence-electron chi connectivity index (χ3n) is 3.42. The normalized spacial score (nSPS) is 11.3. The number of amides is 1. The van der Waals surface area contributed by atoms with Gasteiger partial charge in [-0.15, -0.1) is 0 Å². The van der Waals surface area contributed by atoms with Crippen molar-refractivity contribution in [3.63, 3.8) is 0 Å². The molecule has 0 saturated heterocycles. The van der Waals surface area contributed by atoms with E-state index in [2.05, 4.69) is 10.5 Å². The molecule has 0 bridgehead atoms. The number of rotatable bonds is 4. The van der Waals surface area contributed by atoms with Gasteiger partial charge in [0.15, 0.2) is 0 Å². The molecule has 108 valence electrons. The van der Waals surface area contributed by atoms with Crippen LogP contribution in [0.1, 0.15) is 34.0 Å². The molecule has 3 nitrogen and oxygen atoms in total. The van der Waals surface area contributed by atoms with Gasteiger partial charge in [-0.3, -0.25) is 4.79 Å². The molecule has 0 aromatic heterocycles. The third-order valence-corrected chi connectivity index (χ3v) is 3.42. The Morgan fingerprint density at radius 2 is 1.76 bits per heavy atom. The van der Waals surface area contributed by atoms with Crippen molar-refractivity contribution < 1.29 is 4.79 Å². The maximum absolute atomic E-state index is 12.0. The average Bonchev–Trinajstić information content (AvgIpc) is 2.48. The lowest BCUT2D eigenvalue weighted by Gasteiger charge is -2.05. The summed E-state index contributed by atoms with van der Waals surface area (Å²) in [6.45, 7) is 5.93. The van der Waals surface area contributed by atoms with Crippen molar-refractivity contribution in [2.75, 3.05) is 0 Å². The summed E-state index contributed by atoms with van der Waals surface area (Å²) in [5.41, 5.74) is 7.58. The first-order valence-electron chi connectivity index (χ1n) is 7.01. The van der Waals surface area contributed by atoms with Crippen molar-refractivity contribution in [3.05, 3.63) is 70.8 Å². The molecule has 21 heavy (non-hydrogen) atoms. The molecular weight excluding hydrogens is 260 g/mol. The number of carbonyl (C=O) groups is 1. The highest BCUT2D eigenvalue weighted by Crippen LogP contribution is 2.09. The van der Waals surface area contributed by atoms with Crippen LogP contribution < -0.4 is 5.43 Å². The highest BCUT2D eigenvalue weighted by Gasteiger charge is 2.05. The molecule has 0 atom stereocenters. The largest absolute Gasteiger partial charge is 0.271 e. The second-order valence-corrected chi connectivity index (χ2v) is 5.25. The first kappa shape index (κ1) is 15.0.